The van der Waals surface area contributed by atoms with E-state index in [2.05, 4.69) is 10.2 Å². The van der Waals surface area contributed by atoms with Crippen molar-refractivity contribution in [2.45, 2.75) is 13.8 Å². The molecule has 1 amide bonds. The Morgan fingerprint density at radius 3 is 2.05 bits per heavy atom. The van der Waals surface area contributed by atoms with E-state index < -0.39 is 11.5 Å². The lowest BCUT2D eigenvalue weighted by atomic mass is 9.91. The Labute approximate surface area is 232 Å². The van der Waals surface area contributed by atoms with Crippen LogP contribution in [0.2, 0.25) is 20.1 Å². The Hall–Kier alpha value is -3.29. The molecule has 186 valence electrons. The minimum absolute atomic E-state index is 0.269. The molecular weight excluding hydrogens is 554 g/mol. The topological polar surface area (TPSA) is 70.5 Å². The van der Waals surface area contributed by atoms with E-state index in [1.54, 1.807) is 50.2 Å². The number of hydrogen-bond donors (Lipinski definition) is 1. The molecule has 37 heavy (non-hydrogen) atoms. The van der Waals surface area contributed by atoms with Gasteiger partial charge in [0.25, 0.3) is 11.5 Å². The van der Waals surface area contributed by atoms with E-state index in [-0.39, 0.29) is 5.57 Å². The fourth-order valence-corrected chi connectivity index (χ4v) is 5.02. The zero-order valence-electron chi connectivity index (χ0n) is 19.5. The molecule has 0 saturated carbocycles. The number of H-pyrrole nitrogens is 1. The largest absolute Gasteiger partial charge is 0.295 e. The summed E-state index contributed by atoms with van der Waals surface area (Å²) in [5.74, 6) is -0.437. The number of carbonyl (C=O) groups excluding carboxylic acids is 1. The second-order valence-electron chi connectivity index (χ2n) is 8.36. The highest BCUT2D eigenvalue weighted by molar-refractivity contribution is 6.39. The van der Waals surface area contributed by atoms with Crippen LogP contribution in [0.4, 0.5) is 5.69 Å². The summed E-state index contributed by atoms with van der Waals surface area (Å²) in [6.45, 7) is 3.47. The van der Waals surface area contributed by atoms with Crippen LogP contribution in [-0.2, 0) is 4.79 Å². The molecule has 1 aliphatic heterocycles. The van der Waals surface area contributed by atoms with Crippen molar-refractivity contribution in [3.05, 3.63) is 120 Å². The van der Waals surface area contributed by atoms with Gasteiger partial charge >= 0.3 is 0 Å². The number of aryl methyl sites for hydroxylation is 1. The fourth-order valence-electron chi connectivity index (χ4n) is 4.29. The van der Waals surface area contributed by atoms with Crippen LogP contribution < -0.4 is 10.6 Å². The van der Waals surface area contributed by atoms with Gasteiger partial charge in [-0.15, -0.1) is 0 Å². The summed E-state index contributed by atoms with van der Waals surface area (Å²) in [5.41, 5.74) is 2.97. The average molecular weight is 572 g/mol. The van der Waals surface area contributed by atoms with Gasteiger partial charge in [-0.1, -0.05) is 76.7 Å². The van der Waals surface area contributed by atoms with Gasteiger partial charge in [0.05, 0.1) is 38.3 Å². The number of benzene rings is 3. The number of hydrogen-bond acceptors (Lipinski definition) is 3. The summed E-state index contributed by atoms with van der Waals surface area (Å²) in [6, 6.07) is 18.8. The molecule has 0 fully saturated rings. The molecule has 5 rings (SSSR count). The standard InChI is InChI=1S/C27H18Cl4N4O2/c1-14-23(26(36)34(32-14)21-12-17(28)8-10-19(21)30)25(16-6-4-3-5-7-16)24-15(2)33-35(27(24)37)22-13-18(29)9-11-20(22)31/h3-13,32H,1-2H3/b25-24-. The van der Waals surface area contributed by atoms with Crippen LogP contribution in [-0.4, -0.2) is 21.4 Å². The average Bonchev–Trinajstić information content (AvgIpc) is 3.33. The molecule has 3 aromatic carbocycles. The van der Waals surface area contributed by atoms with Gasteiger partial charge in [-0.3, -0.25) is 14.7 Å². The maximum Gasteiger partial charge on any atom is 0.281 e. The van der Waals surface area contributed by atoms with E-state index >= 15 is 0 Å². The van der Waals surface area contributed by atoms with Gasteiger partial charge in [0, 0.05) is 21.3 Å². The number of carbonyl (C=O) groups is 1. The van der Waals surface area contributed by atoms with Crippen molar-refractivity contribution in [2.24, 2.45) is 5.10 Å². The second kappa shape index (κ2) is 9.88. The van der Waals surface area contributed by atoms with Gasteiger partial charge in [0.15, 0.2) is 0 Å². The Kier molecular flexibility index (Phi) is 6.77. The van der Waals surface area contributed by atoms with Crippen LogP contribution in [0.3, 0.4) is 0 Å². The van der Waals surface area contributed by atoms with Crippen LogP contribution in [0.25, 0.3) is 11.3 Å². The zero-order valence-corrected chi connectivity index (χ0v) is 22.5. The van der Waals surface area contributed by atoms with E-state index in [1.165, 1.54) is 9.69 Å². The summed E-state index contributed by atoms with van der Waals surface area (Å²) in [4.78, 5) is 27.7. The fraction of sp³-hybridized carbons (Fsp3) is 0.0741. The maximum atomic E-state index is 13.9. The SMILES string of the molecule is CC1=NN(c2cc(Cl)ccc2Cl)C(=O)/C1=C(/c1ccccc1)c1c(C)[nH]n(-c2cc(Cl)ccc2Cl)c1=O. The molecule has 0 spiro atoms. The Morgan fingerprint density at radius 2 is 1.41 bits per heavy atom. The molecule has 1 N–H and O–H groups in total. The van der Waals surface area contributed by atoms with E-state index in [4.69, 9.17) is 46.4 Å². The van der Waals surface area contributed by atoms with Crippen LogP contribution >= 0.6 is 46.4 Å². The molecule has 0 aliphatic carbocycles. The third-order valence-corrected chi connectivity index (χ3v) is 7.05. The highest BCUT2D eigenvalue weighted by atomic mass is 35.5. The van der Waals surface area contributed by atoms with Crippen molar-refractivity contribution in [1.82, 2.24) is 9.78 Å². The maximum absolute atomic E-state index is 13.9. The molecular formula is C27H18Cl4N4O2. The van der Waals surface area contributed by atoms with Crippen molar-refractivity contribution in [3.8, 4) is 5.69 Å². The van der Waals surface area contributed by atoms with E-state index in [0.717, 1.165) is 0 Å². The lowest BCUT2D eigenvalue weighted by Crippen LogP contribution is -2.24. The van der Waals surface area contributed by atoms with Crippen molar-refractivity contribution >= 4 is 69.3 Å². The third kappa shape index (κ3) is 4.51. The first-order valence-corrected chi connectivity index (χ1v) is 12.6. The molecule has 4 aromatic rings. The minimum Gasteiger partial charge on any atom is -0.295 e. The first kappa shape index (κ1) is 25.4. The number of anilines is 1. The lowest BCUT2D eigenvalue weighted by Gasteiger charge is -2.15. The Morgan fingerprint density at radius 1 is 0.811 bits per heavy atom. The third-order valence-electron chi connectivity index (χ3n) is 5.94. The van der Waals surface area contributed by atoms with Gasteiger partial charge in [-0.2, -0.15) is 10.1 Å². The first-order valence-electron chi connectivity index (χ1n) is 11.1. The Balaban J connectivity index is 1.77. The lowest BCUT2D eigenvalue weighted by molar-refractivity contribution is -0.114. The summed E-state index contributed by atoms with van der Waals surface area (Å²) >= 11 is 25.1. The van der Waals surface area contributed by atoms with Crippen molar-refractivity contribution in [3.63, 3.8) is 0 Å². The molecule has 0 unspecified atom stereocenters. The predicted octanol–water partition coefficient (Wildman–Crippen LogP) is 7.31. The zero-order chi connectivity index (χ0) is 26.4. The highest BCUT2D eigenvalue weighted by Crippen LogP contribution is 2.37. The summed E-state index contributed by atoms with van der Waals surface area (Å²) in [5, 5.41) is 10.3. The van der Waals surface area contributed by atoms with Gasteiger partial charge < -0.3 is 0 Å². The first-order chi connectivity index (χ1) is 17.7. The second-order valence-corrected chi connectivity index (χ2v) is 10.0. The number of nitrogens with one attached hydrogen (secondary N) is 1. The van der Waals surface area contributed by atoms with Crippen molar-refractivity contribution in [2.75, 3.05) is 5.01 Å². The van der Waals surface area contributed by atoms with Crippen LogP contribution in [0.5, 0.6) is 0 Å². The van der Waals surface area contributed by atoms with Gasteiger partial charge in [-0.05, 0) is 55.8 Å². The van der Waals surface area contributed by atoms with Gasteiger partial charge in [0.2, 0.25) is 0 Å². The molecule has 0 radical (unpaired) electrons. The number of amides is 1. The van der Waals surface area contributed by atoms with E-state index in [9.17, 15) is 9.59 Å². The van der Waals surface area contributed by atoms with Crippen molar-refractivity contribution < 1.29 is 4.79 Å². The summed E-state index contributed by atoms with van der Waals surface area (Å²) in [6.07, 6.45) is 0. The number of aromatic amines is 1. The van der Waals surface area contributed by atoms with Crippen LogP contribution in [0.15, 0.2) is 82.2 Å². The number of nitrogens with zero attached hydrogens (tertiary/aromatic N) is 3. The number of hydrazone groups is 1. The van der Waals surface area contributed by atoms with Crippen LogP contribution in [0.1, 0.15) is 23.7 Å². The number of aromatic nitrogens is 2. The number of halogens is 4. The predicted molar refractivity (Wildman–Crippen MR) is 151 cm³/mol. The normalized spacial score (nSPS) is 14.8. The molecule has 2 heterocycles. The molecule has 0 atom stereocenters. The number of rotatable bonds is 4. The summed E-state index contributed by atoms with van der Waals surface area (Å²) in [7, 11) is 0. The minimum atomic E-state index is -0.437. The molecule has 0 saturated heterocycles. The van der Waals surface area contributed by atoms with Gasteiger partial charge in [0.1, 0.15) is 0 Å². The quantitative estimate of drug-likeness (QED) is 0.261. The molecule has 1 aliphatic rings. The van der Waals surface area contributed by atoms with Crippen molar-refractivity contribution in [1.29, 1.82) is 0 Å². The van der Waals surface area contributed by atoms with E-state index in [1.807, 2.05) is 30.3 Å². The Bertz CT molecular complexity index is 1690. The molecule has 6 nitrogen and oxygen atoms in total. The monoisotopic (exact) mass is 570 g/mol. The van der Waals surface area contributed by atoms with Gasteiger partial charge in [-0.25, -0.2) is 4.68 Å². The van der Waals surface area contributed by atoms with Crippen LogP contribution in [0, 0.1) is 6.92 Å². The smallest absolute Gasteiger partial charge is 0.281 e. The summed E-state index contributed by atoms with van der Waals surface area (Å²) < 4.78 is 1.32. The highest BCUT2D eigenvalue weighted by Gasteiger charge is 2.35. The molecule has 1 aromatic heterocycles. The molecule has 0 bridgehead atoms. The van der Waals surface area contributed by atoms with E-state index in [0.29, 0.717) is 59.6 Å². The molecule has 10 heteroatoms.